The van der Waals surface area contributed by atoms with E-state index in [4.69, 9.17) is 4.74 Å². The van der Waals surface area contributed by atoms with Crippen molar-refractivity contribution in [2.24, 2.45) is 0 Å². The number of carbonyl (C=O) groups excluding carboxylic acids is 1. The Morgan fingerprint density at radius 2 is 1.85 bits per heavy atom. The van der Waals surface area contributed by atoms with Crippen LogP contribution in [0.1, 0.15) is 40.9 Å². The van der Waals surface area contributed by atoms with Crippen LogP contribution >= 0.6 is 11.3 Å². The van der Waals surface area contributed by atoms with Crippen LogP contribution in [0.4, 0.5) is 5.69 Å². The first kappa shape index (κ1) is 21.4. The van der Waals surface area contributed by atoms with Crippen molar-refractivity contribution < 1.29 is 17.9 Å². The number of amides is 1. The van der Waals surface area contributed by atoms with E-state index in [9.17, 15) is 13.2 Å². The Balaban J connectivity index is 2.39. The predicted octanol–water partition coefficient (Wildman–Crippen LogP) is 3.91. The molecule has 27 heavy (non-hydrogen) atoms. The van der Waals surface area contributed by atoms with Gasteiger partial charge in [0.05, 0.1) is 22.6 Å². The quantitative estimate of drug-likeness (QED) is 0.716. The van der Waals surface area contributed by atoms with Crippen molar-refractivity contribution in [2.75, 3.05) is 25.5 Å². The predicted molar refractivity (Wildman–Crippen MR) is 109 cm³/mol. The molecular weight excluding hydrogens is 384 g/mol. The van der Waals surface area contributed by atoms with Gasteiger partial charge in [-0.25, -0.2) is 8.42 Å². The van der Waals surface area contributed by atoms with Crippen molar-refractivity contribution >= 4 is 33.0 Å². The van der Waals surface area contributed by atoms with E-state index in [-0.39, 0.29) is 10.8 Å². The summed E-state index contributed by atoms with van der Waals surface area (Å²) < 4.78 is 32.2. The molecule has 1 amide bonds. The zero-order chi connectivity index (χ0) is 20.2. The Hall–Kier alpha value is -1.90. The van der Waals surface area contributed by atoms with Gasteiger partial charge in [0.2, 0.25) is 10.0 Å². The monoisotopic (exact) mass is 410 g/mol. The summed E-state index contributed by atoms with van der Waals surface area (Å²) in [4.78, 5) is 14.5. The minimum atomic E-state index is -3.63. The van der Waals surface area contributed by atoms with Crippen LogP contribution < -0.4 is 10.1 Å². The molecule has 1 heterocycles. The molecule has 0 saturated heterocycles. The topological polar surface area (TPSA) is 75.7 Å². The molecule has 148 valence electrons. The van der Waals surface area contributed by atoms with Crippen LogP contribution in [0.3, 0.4) is 0 Å². The lowest BCUT2D eigenvalue weighted by atomic mass is 10.2. The highest BCUT2D eigenvalue weighted by atomic mass is 32.2. The largest absolute Gasteiger partial charge is 0.495 e. The van der Waals surface area contributed by atoms with Crippen LogP contribution in [0, 0.1) is 6.92 Å². The zero-order valence-corrected chi connectivity index (χ0v) is 18.0. The summed E-state index contributed by atoms with van der Waals surface area (Å²) in [6.45, 7) is 8.36. The molecule has 1 aromatic heterocycles. The van der Waals surface area contributed by atoms with Gasteiger partial charge >= 0.3 is 0 Å². The van der Waals surface area contributed by atoms with Crippen molar-refractivity contribution in [3.8, 4) is 5.75 Å². The molecular formula is C19H26N2O4S2. The van der Waals surface area contributed by atoms with E-state index >= 15 is 0 Å². The Morgan fingerprint density at radius 3 is 2.37 bits per heavy atom. The summed E-state index contributed by atoms with van der Waals surface area (Å²) in [7, 11) is -2.15. The average molecular weight is 411 g/mol. The highest BCUT2D eigenvalue weighted by Gasteiger charge is 2.23. The first-order valence-electron chi connectivity index (χ1n) is 8.87. The maximum Gasteiger partial charge on any atom is 0.265 e. The smallest absolute Gasteiger partial charge is 0.265 e. The molecule has 0 aliphatic rings. The van der Waals surface area contributed by atoms with Gasteiger partial charge in [0.25, 0.3) is 5.91 Å². The Morgan fingerprint density at radius 1 is 1.19 bits per heavy atom. The van der Waals surface area contributed by atoms with Gasteiger partial charge in [-0.1, -0.05) is 20.8 Å². The molecule has 1 aromatic carbocycles. The molecule has 0 fully saturated rings. The van der Waals surface area contributed by atoms with Crippen molar-refractivity contribution in [3.63, 3.8) is 0 Å². The molecule has 2 aromatic rings. The number of thiophene rings is 1. The second kappa shape index (κ2) is 8.86. The van der Waals surface area contributed by atoms with Crippen LogP contribution in [0.15, 0.2) is 29.2 Å². The number of nitrogens with one attached hydrogen (secondary N) is 1. The second-order valence-corrected chi connectivity index (χ2v) is 9.15. The minimum Gasteiger partial charge on any atom is -0.495 e. The fraction of sp³-hybridized carbons (Fsp3) is 0.421. The van der Waals surface area contributed by atoms with Gasteiger partial charge in [-0.05, 0) is 43.2 Å². The van der Waals surface area contributed by atoms with Gasteiger partial charge in [0.1, 0.15) is 5.75 Å². The maximum absolute atomic E-state index is 12.8. The molecule has 1 N–H and O–H groups in total. The number of ether oxygens (including phenoxy) is 1. The summed E-state index contributed by atoms with van der Waals surface area (Å²) >= 11 is 1.42. The molecule has 0 spiro atoms. The van der Waals surface area contributed by atoms with Crippen LogP contribution in [-0.2, 0) is 16.4 Å². The number of hydrogen-bond donors (Lipinski definition) is 1. The Labute approximate surface area is 165 Å². The van der Waals surface area contributed by atoms with Gasteiger partial charge in [-0.2, -0.15) is 4.31 Å². The summed E-state index contributed by atoms with van der Waals surface area (Å²) in [5, 5.41) is 2.79. The highest BCUT2D eigenvalue weighted by molar-refractivity contribution is 7.89. The molecule has 0 bridgehead atoms. The van der Waals surface area contributed by atoms with E-state index < -0.39 is 10.0 Å². The van der Waals surface area contributed by atoms with E-state index in [1.165, 1.54) is 34.9 Å². The van der Waals surface area contributed by atoms with E-state index in [0.717, 1.165) is 16.9 Å². The van der Waals surface area contributed by atoms with Gasteiger partial charge in [-0.15, -0.1) is 11.3 Å². The fourth-order valence-corrected chi connectivity index (χ4v) is 5.32. The van der Waals surface area contributed by atoms with Crippen LogP contribution in [0.5, 0.6) is 5.75 Å². The van der Waals surface area contributed by atoms with E-state index in [1.54, 1.807) is 19.9 Å². The number of hydrogen-bond acceptors (Lipinski definition) is 5. The molecule has 0 atom stereocenters. The van der Waals surface area contributed by atoms with Crippen molar-refractivity contribution in [2.45, 2.75) is 39.0 Å². The molecule has 0 unspecified atom stereocenters. The number of benzene rings is 1. The Bertz CT molecular complexity index is 916. The molecule has 0 radical (unpaired) electrons. The third-order valence-corrected chi connectivity index (χ3v) is 7.53. The third-order valence-electron chi connectivity index (χ3n) is 4.39. The first-order valence-corrected chi connectivity index (χ1v) is 11.1. The van der Waals surface area contributed by atoms with E-state index in [0.29, 0.717) is 29.4 Å². The SMILES string of the molecule is CCc1cc(C(=O)Nc2cc(S(=O)(=O)N(CC)CC)ccc2OC)sc1C. The lowest BCUT2D eigenvalue weighted by Gasteiger charge is -2.19. The van der Waals surface area contributed by atoms with Crippen molar-refractivity contribution in [1.82, 2.24) is 4.31 Å². The molecule has 0 aliphatic carbocycles. The lowest BCUT2D eigenvalue weighted by Crippen LogP contribution is -2.30. The van der Waals surface area contributed by atoms with Crippen molar-refractivity contribution in [1.29, 1.82) is 0 Å². The number of carbonyl (C=O) groups is 1. The summed E-state index contributed by atoms with van der Waals surface area (Å²) in [6, 6.07) is 6.37. The number of aryl methyl sites for hydroxylation is 2. The van der Waals surface area contributed by atoms with Gasteiger partial charge in [0.15, 0.2) is 0 Å². The van der Waals surface area contributed by atoms with E-state index in [1.807, 2.05) is 19.9 Å². The summed E-state index contributed by atoms with van der Waals surface area (Å²) in [5.41, 5.74) is 1.47. The minimum absolute atomic E-state index is 0.124. The second-order valence-electron chi connectivity index (χ2n) is 5.95. The van der Waals surface area contributed by atoms with Gasteiger partial charge in [0, 0.05) is 18.0 Å². The number of methoxy groups -OCH3 is 1. The number of nitrogens with zero attached hydrogens (tertiary/aromatic N) is 1. The lowest BCUT2D eigenvalue weighted by molar-refractivity contribution is 0.103. The molecule has 2 rings (SSSR count). The Kier molecular flexibility index (Phi) is 7.02. The van der Waals surface area contributed by atoms with Gasteiger partial charge < -0.3 is 10.1 Å². The van der Waals surface area contributed by atoms with Crippen LogP contribution in [-0.4, -0.2) is 38.8 Å². The normalized spacial score (nSPS) is 11.6. The molecule has 0 saturated carbocycles. The standard InChI is InChI=1S/C19H26N2O4S2/c1-6-14-11-18(26-13(14)4)19(22)20-16-12-15(9-10-17(16)25-5)27(23,24)21(7-2)8-3/h9-12H,6-8H2,1-5H3,(H,20,22). The van der Waals surface area contributed by atoms with E-state index in [2.05, 4.69) is 5.32 Å². The summed E-state index contributed by atoms with van der Waals surface area (Å²) in [6.07, 6.45) is 0.858. The number of sulfonamides is 1. The molecule has 6 nitrogen and oxygen atoms in total. The fourth-order valence-electron chi connectivity index (χ4n) is 2.82. The van der Waals surface area contributed by atoms with Gasteiger partial charge in [-0.3, -0.25) is 4.79 Å². The first-order chi connectivity index (χ1) is 12.8. The van der Waals surface area contributed by atoms with Crippen LogP contribution in [0.25, 0.3) is 0 Å². The van der Waals surface area contributed by atoms with Crippen molar-refractivity contribution in [3.05, 3.63) is 39.6 Å². The molecule has 8 heteroatoms. The number of rotatable bonds is 8. The summed E-state index contributed by atoms with van der Waals surface area (Å²) in [5.74, 6) is 0.129. The zero-order valence-electron chi connectivity index (χ0n) is 16.3. The van der Waals surface area contributed by atoms with Crippen LogP contribution in [0.2, 0.25) is 0 Å². The third kappa shape index (κ3) is 4.51. The number of anilines is 1. The highest BCUT2D eigenvalue weighted by Crippen LogP contribution is 2.30. The average Bonchev–Trinajstić information content (AvgIpc) is 3.03. The maximum atomic E-state index is 12.8. The molecule has 0 aliphatic heterocycles.